The second-order valence-electron chi connectivity index (χ2n) is 2.70. The monoisotopic (exact) mass is 228 g/mol. The zero-order valence-electron chi connectivity index (χ0n) is 7.70. The lowest BCUT2D eigenvalue weighted by atomic mass is 10.2. The Hall–Kier alpha value is -1.59. The van der Waals surface area contributed by atoms with Gasteiger partial charge in [-0.05, 0) is 18.2 Å². The molecule has 1 aromatic rings. The Morgan fingerprint density at radius 1 is 1.47 bits per heavy atom. The van der Waals surface area contributed by atoms with Crippen LogP contribution in [0.25, 0.3) is 0 Å². The predicted octanol–water partition coefficient (Wildman–Crippen LogP) is 0.487. The molecule has 1 rings (SSSR count). The van der Waals surface area contributed by atoms with Crippen molar-refractivity contribution >= 4 is 23.4 Å². The van der Waals surface area contributed by atoms with Gasteiger partial charge in [-0.15, -0.1) is 0 Å². The van der Waals surface area contributed by atoms with Crippen LogP contribution in [0.1, 0.15) is 10.4 Å². The number of carbonyl (C=O) groups excluding carboxylic acids is 2. The molecule has 3 N–H and O–H groups in total. The molecule has 0 aliphatic rings. The number of halogens is 1. The summed E-state index contributed by atoms with van der Waals surface area (Å²) < 4.78 is 0. The van der Waals surface area contributed by atoms with E-state index in [9.17, 15) is 9.59 Å². The highest BCUT2D eigenvalue weighted by Gasteiger charge is 2.05. The molecule has 0 unspecified atom stereocenters. The molecule has 15 heavy (non-hydrogen) atoms. The van der Waals surface area contributed by atoms with Crippen LogP contribution in [0.3, 0.4) is 0 Å². The Bertz CT molecular complexity index is 381. The molecule has 0 spiro atoms. The van der Waals surface area contributed by atoms with Gasteiger partial charge in [-0.1, -0.05) is 17.7 Å². The molecule has 0 heterocycles. The molecule has 5 nitrogen and oxygen atoms in total. The fourth-order valence-corrected chi connectivity index (χ4v) is 1.05. The van der Waals surface area contributed by atoms with Crippen molar-refractivity contribution in [1.29, 1.82) is 0 Å². The average Bonchev–Trinajstić information content (AvgIpc) is 2.17. The molecule has 0 atom stereocenters. The Balaban J connectivity index is 2.50. The van der Waals surface area contributed by atoms with Gasteiger partial charge in [0.1, 0.15) is 0 Å². The number of hydrogen-bond acceptors (Lipinski definition) is 3. The Morgan fingerprint density at radius 3 is 2.80 bits per heavy atom. The fraction of sp³-hybridized carbons (Fsp3) is 0.111. The topological polar surface area (TPSA) is 81.4 Å². The van der Waals surface area contributed by atoms with Crippen LogP contribution in [-0.4, -0.2) is 18.4 Å². The second kappa shape index (κ2) is 5.33. The van der Waals surface area contributed by atoms with E-state index in [1.165, 1.54) is 6.07 Å². The molecule has 0 aliphatic heterocycles. The van der Waals surface area contributed by atoms with Crippen molar-refractivity contribution in [2.24, 2.45) is 5.73 Å². The third-order valence-electron chi connectivity index (χ3n) is 1.47. The quantitative estimate of drug-likeness (QED) is 0.736. The number of amides is 2. The Morgan fingerprint density at radius 2 is 2.20 bits per heavy atom. The van der Waals surface area contributed by atoms with Gasteiger partial charge in [0.05, 0.1) is 0 Å². The van der Waals surface area contributed by atoms with Crippen LogP contribution in [-0.2, 0) is 9.63 Å². The van der Waals surface area contributed by atoms with E-state index in [2.05, 4.69) is 10.3 Å². The number of nitrogens with two attached hydrogens (primary N) is 1. The van der Waals surface area contributed by atoms with E-state index in [1.54, 1.807) is 18.2 Å². The van der Waals surface area contributed by atoms with Crippen LogP contribution in [0, 0.1) is 0 Å². The lowest BCUT2D eigenvalue weighted by molar-refractivity contribution is -0.124. The summed E-state index contributed by atoms with van der Waals surface area (Å²) in [6.45, 7) is -0.369. The minimum Gasteiger partial charge on any atom is -0.368 e. The molecule has 0 radical (unpaired) electrons. The smallest absolute Gasteiger partial charge is 0.274 e. The number of hydrogen-bond donors (Lipinski definition) is 2. The molecule has 0 aliphatic carbocycles. The molecular weight excluding hydrogens is 220 g/mol. The van der Waals surface area contributed by atoms with E-state index in [0.29, 0.717) is 10.6 Å². The minimum absolute atomic E-state index is 0.340. The second-order valence-corrected chi connectivity index (χ2v) is 3.13. The number of primary amides is 1. The summed E-state index contributed by atoms with van der Waals surface area (Å²) in [5.74, 6) is -1.15. The first-order valence-electron chi connectivity index (χ1n) is 4.05. The van der Waals surface area contributed by atoms with Crippen molar-refractivity contribution in [3.63, 3.8) is 0 Å². The molecule has 0 saturated carbocycles. The van der Waals surface area contributed by atoms with Crippen molar-refractivity contribution in [2.75, 3.05) is 6.61 Å². The number of hydroxylamine groups is 1. The van der Waals surface area contributed by atoms with Crippen molar-refractivity contribution in [2.45, 2.75) is 0 Å². The third-order valence-corrected chi connectivity index (χ3v) is 1.70. The highest BCUT2D eigenvalue weighted by Crippen LogP contribution is 2.10. The van der Waals surface area contributed by atoms with Crippen LogP contribution in [0.15, 0.2) is 24.3 Å². The van der Waals surface area contributed by atoms with Crippen molar-refractivity contribution in [3.05, 3.63) is 34.9 Å². The van der Waals surface area contributed by atoms with Gasteiger partial charge in [-0.25, -0.2) is 5.48 Å². The highest BCUT2D eigenvalue weighted by molar-refractivity contribution is 6.30. The van der Waals surface area contributed by atoms with Gasteiger partial charge in [0.15, 0.2) is 6.61 Å². The predicted molar refractivity (Wildman–Crippen MR) is 54.1 cm³/mol. The first-order valence-corrected chi connectivity index (χ1v) is 4.43. The lowest BCUT2D eigenvalue weighted by Crippen LogP contribution is -2.29. The van der Waals surface area contributed by atoms with Gasteiger partial charge in [0.25, 0.3) is 5.91 Å². The normalized spacial score (nSPS) is 9.67. The number of carbonyl (C=O) groups is 2. The van der Waals surface area contributed by atoms with E-state index in [-0.39, 0.29) is 6.61 Å². The van der Waals surface area contributed by atoms with E-state index < -0.39 is 11.8 Å². The fourth-order valence-electron chi connectivity index (χ4n) is 0.861. The summed E-state index contributed by atoms with van der Waals surface area (Å²) in [4.78, 5) is 26.2. The van der Waals surface area contributed by atoms with Crippen LogP contribution in [0.4, 0.5) is 0 Å². The van der Waals surface area contributed by atoms with Gasteiger partial charge in [0, 0.05) is 10.6 Å². The number of rotatable bonds is 4. The Labute approximate surface area is 91.1 Å². The number of benzene rings is 1. The summed E-state index contributed by atoms with van der Waals surface area (Å²) in [5, 5.41) is 0.442. The summed E-state index contributed by atoms with van der Waals surface area (Å²) in [7, 11) is 0. The number of nitrogens with one attached hydrogen (secondary N) is 1. The molecule has 80 valence electrons. The third kappa shape index (κ3) is 3.97. The molecule has 2 amide bonds. The maximum atomic E-state index is 11.3. The summed E-state index contributed by atoms with van der Waals surface area (Å²) in [6, 6.07) is 6.31. The maximum absolute atomic E-state index is 11.3. The van der Waals surface area contributed by atoms with Crippen molar-refractivity contribution in [1.82, 2.24) is 5.48 Å². The van der Waals surface area contributed by atoms with Gasteiger partial charge in [-0.3, -0.25) is 14.4 Å². The molecule has 0 bridgehead atoms. The van der Waals surface area contributed by atoms with E-state index in [4.69, 9.17) is 17.3 Å². The Kier molecular flexibility index (Phi) is 4.08. The first kappa shape index (κ1) is 11.5. The zero-order chi connectivity index (χ0) is 11.3. The average molecular weight is 229 g/mol. The molecule has 0 saturated heterocycles. The van der Waals surface area contributed by atoms with E-state index in [1.807, 2.05) is 0 Å². The van der Waals surface area contributed by atoms with Gasteiger partial charge < -0.3 is 5.73 Å². The minimum atomic E-state index is -0.665. The van der Waals surface area contributed by atoms with Crippen LogP contribution >= 0.6 is 11.6 Å². The van der Waals surface area contributed by atoms with Crippen LogP contribution in [0.2, 0.25) is 5.02 Å². The SMILES string of the molecule is NC(=O)CONC(=O)c1cccc(Cl)c1. The molecule has 0 aromatic heterocycles. The van der Waals surface area contributed by atoms with Gasteiger partial charge >= 0.3 is 0 Å². The largest absolute Gasteiger partial charge is 0.368 e. The molecule has 6 heteroatoms. The standard InChI is InChI=1S/C9H9ClN2O3/c10-7-3-1-2-6(4-7)9(14)12-15-5-8(11)13/h1-4H,5H2,(H2,11,13)(H,12,14). The van der Waals surface area contributed by atoms with E-state index in [0.717, 1.165) is 0 Å². The molecule has 0 fully saturated rings. The van der Waals surface area contributed by atoms with Crippen LogP contribution < -0.4 is 11.2 Å². The summed E-state index contributed by atoms with van der Waals surface area (Å²) in [5.41, 5.74) is 7.20. The zero-order valence-corrected chi connectivity index (χ0v) is 8.45. The lowest BCUT2D eigenvalue weighted by Gasteiger charge is -2.03. The maximum Gasteiger partial charge on any atom is 0.274 e. The van der Waals surface area contributed by atoms with Crippen LogP contribution in [0.5, 0.6) is 0 Å². The summed E-state index contributed by atoms with van der Waals surface area (Å²) >= 11 is 5.68. The molecular formula is C9H9ClN2O3. The molecule has 1 aromatic carbocycles. The van der Waals surface area contributed by atoms with Gasteiger partial charge in [0.2, 0.25) is 5.91 Å². The van der Waals surface area contributed by atoms with Crippen molar-refractivity contribution in [3.8, 4) is 0 Å². The van der Waals surface area contributed by atoms with Crippen molar-refractivity contribution < 1.29 is 14.4 Å². The van der Waals surface area contributed by atoms with E-state index >= 15 is 0 Å². The van der Waals surface area contributed by atoms with Gasteiger partial charge in [-0.2, -0.15) is 0 Å². The first-order chi connectivity index (χ1) is 7.09. The summed E-state index contributed by atoms with van der Waals surface area (Å²) in [6.07, 6.45) is 0. The highest BCUT2D eigenvalue weighted by atomic mass is 35.5.